The fourth-order valence-electron chi connectivity index (χ4n) is 1.67. The Morgan fingerprint density at radius 1 is 1.17 bits per heavy atom. The summed E-state index contributed by atoms with van der Waals surface area (Å²) in [5, 5.41) is 2.08. The smallest absolute Gasteiger partial charge is 0.159 e. The maximum atomic E-state index is 5.97. The molecule has 0 aliphatic rings. The summed E-state index contributed by atoms with van der Waals surface area (Å²) < 4.78 is 0. The van der Waals surface area contributed by atoms with Gasteiger partial charge in [0, 0.05) is 11.4 Å². The SMILES string of the molecule is Clc1cccc(Cc2nc3c(Cl)ncnc3s2)c1. The molecule has 18 heavy (non-hydrogen) atoms. The summed E-state index contributed by atoms with van der Waals surface area (Å²) in [5.41, 5.74) is 1.78. The van der Waals surface area contributed by atoms with Crippen LogP contribution in [-0.2, 0) is 6.42 Å². The largest absolute Gasteiger partial charge is 0.236 e. The predicted molar refractivity (Wildman–Crippen MR) is 74.5 cm³/mol. The van der Waals surface area contributed by atoms with E-state index >= 15 is 0 Å². The number of aromatic nitrogens is 3. The van der Waals surface area contributed by atoms with Gasteiger partial charge in [0.2, 0.25) is 0 Å². The summed E-state index contributed by atoms with van der Waals surface area (Å²) in [6.07, 6.45) is 2.17. The topological polar surface area (TPSA) is 38.7 Å². The highest BCUT2D eigenvalue weighted by atomic mass is 35.5. The van der Waals surface area contributed by atoms with Crippen LogP contribution in [0.5, 0.6) is 0 Å². The van der Waals surface area contributed by atoms with Crippen molar-refractivity contribution < 1.29 is 0 Å². The van der Waals surface area contributed by atoms with E-state index in [0.29, 0.717) is 10.7 Å². The van der Waals surface area contributed by atoms with Crippen LogP contribution in [0.2, 0.25) is 10.2 Å². The Labute approximate surface area is 117 Å². The number of benzene rings is 1. The molecule has 0 fully saturated rings. The van der Waals surface area contributed by atoms with Crippen molar-refractivity contribution in [3.05, 3.63) is 51.3 Å². The Morgan fingerprint density at radius 2 is 2.06 bits per heavy atom. The van der Waals surface area contributed by atoms with Crippen molar-refractivity contribution in [1.82, 2.24) is 15.0 Å². The van der Waals surface area contributed by atoms with E-state index in [0.717, 1.165) is 26.8 Å². The third-order valence-corrected chi connectivity index (χ3v) is 3.91. The summed E-state index contributed by atoms with van der Waals surface area (Å²) in [7, 11) is 0. The zero-order chi connectivity index (χ0) is 12.5. The molecule has 0 amide bonds. The molecule has 3 aromatic rings. The average Bonchev–Trinajstić information content (AvgIpc) is 2.73. The molecule has 0 spiro atoms. The molecular formula is C12H7Cl2N3S. The van der Waals surface area contributed by atoms with Crippen molar-refractivity contribution in [2.45, 2.75) is 6.42 Å². The van der Waals surface area contributed by atoms with E-state index in [-0.39, 0.29) is 0 Å². The maximum absolute atomic E-state index is 5.97. The fourth-order valence-corrected chi connectivity index (χ4v) is 3.05. The van der Waals surface area contributed by atoms with Gasteiger partial charge in [-0.2, -0.15) is 0 Å². The van der Waals surface area contributed by atoms with E-state index in [1.165, 1.54) is 17.7 Å². The number of hydrogen-bond donors (Lipinski definition) is 0. The zero-order valence-corrected chi connectivity index (χ0v) is 11.4. The van der Waals surface area contributed by atoms with Crippen LogP contribution in [0, 0.1) is 0 Å². The van der Waals surface area contributed by atoms with Crippen LogP contribution < -0.4 is 0 Å². The molecule has 0 aliphatic heterocycles. The van der Waals surface area contributed by atoms with Crippen LogP contribution >= 0.6 is 34.5 Å². The third kappa shape index (κ3) is 2.32. The van der Waals surface area contributed by atoms with Gasteiger partial charge in [0.1, 0.15) is 16.7 Å². The van der Waals surface area contributed by atoms with Gasteiger partial charge in [-0.05, 0) is 17.7 Å². The first-order valence-corrected chi connectivity index (χ1v) is 6.80. The van der Waals surface area contributed by atoms with Gasteiger partial charge in [0.05, 0.1) is 5.01 Å². The van der Waals surface area contributed by atoms with E-state index in [1.807, 2.05) is 24.3 Å². The standard InChI is InChI=1S/C12H7Cl2N3S/c13-8-3-1-2-7(4-8)5-9-17-10-11(14)15-6-16-12(10)18-9/h1-4,6H,5H2. The second kappa shape index (κ2) is 4.80. The van der Waals surface area contributed by atoms with Gasteiger partial charge in [-0.15, -0.1) is 0 Å². The number of nitrogens with zero attached hydrogens (tertiary/aromatic N) is 3. The Morgan fingerprint density at radius 3 is 2.83 bits per heavy atom. The van der Waals surface area contributed by atoms with Gasteiger partial charge < -0.3 is 0 Å². The molecule has 0 saturated carbocycles. The van der Waals surface area contributed by atoms with E-state index in [2.05, 4.69) is 15.0 Å². The highest BCUT2D eigenvalue weighted by Crippen LogP contribution is 2.26. The summed E-state index contributed by atoms with van der Waals surface area (Å²) in [6, 6.07) is 7.73. The number of fused-ring (bicyclic) bond motifs is 1. The van der Waals surface area contributed by atoms with Crippen LogP contribution in [0.15, 0.2) is 30.6 Å². The van der Waals surface area contributed by atoms with Gasteiger partial charge >= 0.3 is 0 Å². The number of rotatable bonds is 2. The maximum Gasteiger partial charge on any atom is 0.159 e. The summed E-state index contributed by atoms with van der Waals surface area (Å²) in [4.78, 5) is 13.3. The lowest BCUT2D eigenvalue weighted by Gasteiger charge is -1.97. The van der Waals surface area contributed by atoms with Crippen LogP contribution in [0.25, 0.3) is 10.3 Å². The van der Waals surface area contributed by atoms with Crippen LogP contribution in [0.1, 0.15) is 10.6 Å². The summed E-state index contributed by atoms with van der Waals surface area (Å²) in [6.45, 7) is 0. The Hall–Kier alpha value is -1.23. The highest BCUT2D eigenvalue weighted by molar-refractivity contribution is 7.18. The molecule has 1 aromatic carbocycles. The molecule has 6 heteroatoms. The first kappa shape index (κ1) is 11.8. The van der Waals surface area contributed by atoms with E-state index in [9.17, 15) is 0 Å². The fraction of sp³-hybridized carbons (Fsp3) is 0.0833. The van der Waals surface area contributed by atoms with Crippen molar-refractivity contribution in [1.29, 1.82) is 0 Å². The van der Waals surface area contributed by atoms with Gasteiger partial charge in [-0.25, -0.2) is 15.0 Å². The minimum atomic E-state index is 0.397. The van der Waals surface area contributed by atoms with Gasteiger partial charge in [0.15, 0.2) is 5.15 Å². The predicted octanol–water partition coefficient (Wildman–Crippen LogP) is 3.98. The molecule has 0 unspecified atom stereocenters. The van der Waals surface area contributed by atoms with Crippen LogP contribution in [0.3, 0.4) is 0 Å². The lowest BCUT2D eigenvalue weighted by atomic mass is 10.2. The minimum absolute atomic E-state index is 0.397. The van der Waals surface area contributed by atoms with Gasteiger partial charge in [-0.3, -0.25) is 0 Å². The van der Waals surface area contributed by atoms with Crippen molar-refractivity contribution in [3.63, 3.8) is 0 Å². The molecule has 0 saturated heterocycles. The summed E-state index contributed by atoms with van der Waals surface area (Å²) >= 11 is 13.4. The molecule has 2 heterocycles. The van der Waals surface area contributed by atoms with Crippen LogP contribution in [-0.4, -0.2) is 15.0 Å². The summed E-state index contributed by atoms with van der Waals surface area (Å²) in [5.74, 6) is 0. The second-order valence-corrected chi connectivity index (χ2v) is 5.59. The van der Waals surface area contributed by atoms with Gasteiger partial charge in [0.25, 0.3) is 0 Å². The molecule has 0 atom stereocenters. The molecule has 0 radical (unpaired) electrons. The third-order valence-electron chi connectivity index (χ3n) is 2.44. The Balaban J connectivity index is 1.98. The molecule has 3 nitrogen and oxygen atoms in total. The molecule has 3 rings (SSSR count). The number of hydrogen-bond acceptors (Lipinski definition) is 4. The quantitative estimate of drug-likeness (QED) is 0.671. The highest BCUT2D eigenvalue weighted by Gasteiger charge is 2.09. The Kier molecular flexibility index (Phi) is 3.16. The van der Waals surface area contributed by atoms with Crippen molar-refractivity contribution in [3.8, 4) is 0 Å². The van der Waals surface area contributed by atoms with E-state index in [4.69, 9.17) is 23.2 Å². The molecule has 90 valence electrons. The molecule has 0 N–H and O–H groups in total. The Bertz CT molecular complexity index is 711. The molecular weight excluding hydrogens is 289 g/mol. The van der Waals surface area contributed by atoms with E-state index < -0.39 is 0 Å². The van der Waals surface area contributed by atoms with Crippen molar-refractivity contribution in [2.24, 2.45) is 0 Å². The number of halogens is 2. The van der Waals surface area contributed by atoms with Crippen LogP contribution in [0.4, 0.5) is 0 Å². The molecule has 2 aromatic heterocycles. The lowest BCUT2D eigenvalue weighted by molar-refractivity contribution is 1.14. The van der Waals surface area contributed by atoms with E-state index in [1.54, 1.807) is 0 Å². The number of thiazole rings is 1. The monoisotopic (exact) mass is 295 g/mol. The second-order valence-electron chi connectivity index (χ2n) is 3.73. The zero-order valence-electron chi connectivity index (χ0n) is 9.10. The lowest BCUT2D eigenvalue weighted by Crippen LogP contribution is -1.86. The van der Waals surface area contributed by atoms with Gasteiger partial charge in [-0.1, -0.05) is 46.7 Å². The molecule has 0 bridgehead atoms. The first-order valence-electron chi connectivity index (χ1n) is 5.23. The normalized spacial score (nSPS) is 11.0. The first-order chi connectivity index (χ1) is 8.72. The average molecular weight is 296 g/mol. The van der Waals surface area contributed by atoms with Crippen molar-refractivity contribution in [2.75, 3.05) is 0 Å². The van der Waals surface area contributed by atoms with Crippen molar-refractivity contribution >= 4 is 44.9 Å². The minimum Gasteiger partial charge on any atom is -0.236 e. The molecule has 0 aliphatic carbocycles.